The van der Waals surface area contributed by atoms with Crippen molar-refractivity contribution in [3.8, 4) is 0 Å². The van der Waals surface area contributed by atoms with E-state index in [1.54, 1.807) is 7.11 Å². The van der Waals surface area contributed by atoms with E-state index in [2.05, 4.69) is 14.4 Å². The number of nitrogens with zero attached hydrogens (tertiary/aromatic N) is 1. The topological polar surface area (TPSA) is 94.6 Å². The van der Waals surface area contributed by atoms with Crippen LogP contribution in [0.4, 0.5) is 0 Å². The number of esters is 1. The largest absolute Gasteiger partial charge is 0.464 e. The molecule has 21 heavy (non-hydrogen) atoms. The molecule has 0 radical (unpaired) electrons. The fourth-order valence-electron chi connectivity index (χ4n) is 1.48. The summed E-state index contributed by atoms with van der Waals surface area (Å²) in [6, 6.07) is 0. The molecule has 0 aliphatic carbocycles. The number of hydrogen-bond acceptors (Lipinski definition) is 7. The van der Waals surface area contributed by atoms with E-state index in [0.29, 0.717) is 13.0 Å². The first kappa shape index (κ1) is 18.0. The molecule has 0 spiro atoms. The summed E-state index contributed by atoms with van der Waals surface area (Å²) in [5.74, 6) is -0.768. The first-order valence-corrected chi connectivity index (χ1v) is 8.60. The Labute approximate surface area is 128 Å². The van der Waals surface area contributed by atoms with Crippen molar-refractivity contribution in [2.75, 3.05) is 27.4 Å². The first-order valence-electron chi connectivity index (χ1n) is 6.24. The Bertz CT molecular complexity index is 580. The maximum atomic E-state index is 12.3. The number of methoxy groups -OCH3 is 2. The van der Waals surface area contributed by atoms with Crippen LogP contribution in [0.25, 0.3) is 0 Å². The molecule has 9 heteroatoms. The highest BCUT2D eigenvalue weighted by molar-refractivity contribution is 7.91. The summed E-state index contributed by atoms with van der Waals surface area (Å²) in [6.45, 7) is 4.64. The number of sulfonamides is 1. The van der Waals surface area contributed by atoms with E-state index in [0.717, 1.165) is 11.3 Å². The lowest BCUT2D eigenvalue weighted by Crippen LogP contribution is -2.35. The lowest BCUT2D eigenvalue weighted by molar-refractivity contribution is 0.0590. The molecule has 120 valence electrons. The van der Waals surface area contributed by atoms with Crippen LogP contribution in [-0.4, -0.2) is 46.7 Å². The summed E-state index contributed by atoms with van der Waals surface area (Å²) in [5, 5.41) is 0. The van der Waals surface area contributed by atoms with Crippen molar-refractivity contribution in [3.05, 3.63) is 11.2 Å². The van der Waals surface area contributed by atoms with Gasteiger partial charge in [0, 0.05) is 20.3 Å². The molecule has 0 amide bonds. The van der Waals surface area contributed by atoms with E-state index < -0.39 is 16.0 Å². The predicted molar refractivity (Wildman–Crippen MR) is 78.9 cm³/mol. The summed E-state index contributed by atoms with van der Waals surface area (Å²) in [6.07, 6.45) is 0.707. The number of thiazole rings is 1. The van der Waals surface area contributed by atoms with E-state index in [-0.39, 0.29) is 21.9 Å². The number of carbonyl (C=O) groups is 1. The highest BCUT2D eigenvalue weighted by atomic mass is 32.2. The summed E-state index contributed by atoms with van der Waals surface area (Å²) in [4.78, 5) is 15.2. The minimum absolute atomic E-state index is 0.128. The molecule has 0 atom stereocenters. The molecule has 0 fully saturated rings. The second kappa shape index (κ2) is 7.30. The SMILES string of the molecule is COCCC(C)(C)CNS(=O)(=O)c1scnc1C(=O)OC. The molecular formula is C12H20N2O5S2. The molecule has 1 rings (SSSR count). The first-order chi connectivity index (χ1) is 9.73. The number of carbonyl (C=O) groups excluding carboxylic acids is 1. The van der Waals surface area contributed by atoms with Gasteiger partial charge in [0.15, 0.2) is 9.90 Å². The van der Waals surface area contributed by atoms with Crippen LogP contribution in [0.2, 0.25) is 0 Å². The second-order valence-corrected chi connectivity index (χ2v) is 8.03. The average molecular weight is 336 g/mol. The highest BCUT2D eigenvalue weighted by Crippen LogP contribution is 2.23. The van der Waals surface area contributed by atoms with Crippen LogP contribution in [0.1, 0.15) is 30.8 Å². The third kappa shape index (κ3) is 5.03. The fourth-order valence-corrected chi connectivity index (χ4v) is 3.90. The van der Waals surface area contributed by atoms with Gasteiger partial charge in [0.2, 0.25) is 0 Å². The summed E-state index contributed by atoms with van der Waals surface area (Å²) >= 11 is 0.882. The Morgan fingerprint density at radius 3 is 2.67 bits per heavy atom. The summed E-state index contributed by atoms with van der Waals surface area (Å²) < 4.78 is 36.5. The van der Waals surface area contributed by atoms with Crippen LogP contribution < -0.4 is 4.72 Å². The molecule has 1 aromatic rings. The normalized spacial score (nSPS) is 12.4. The molecule has 0 saturated heterocycles. The molecule has 7 nitrogen and oxygen atoms in total. The Balaban J connectivity index is 2.83. The van der Waals surface area contributed by atoms with Crippen LogP contribution >= 0.6 is 11.3 Å². The van der Waals surface area contributed by atoms with E-state index in [4.69, 9.17) is 4.74 Å². The summed E-state index contributed by atoms with van der Waals surface area (Å²) in [5.41, 5.74) is 0.848. The predicted octanol–water partition coefficient (Wildman–Crippen LogP) is 1.27. The van der Waals surface area contributed by atoms with E-state index in [1.807, 2.05) is 13.8 Å². The van der Waals surface area contributed by atoms with Crippen molar-refractivity contribution >= 4 is 27.3 Å². The molecule has 0 unspecified atom stereocenters. The van der Waals surface area contributed by atoms with Crippen LogP contribution in [0.15, 0.2) is 9.72 Å². The zero-order chi connectivity index (χ0) is 16.1. The Morgan fingerprint density at radius 2 is 2.10 bits per heavy atom. The van der Waals surface area contributed by atoms with Crippen LogP contribution in [0.3, 0.4) is 0 Å². The molecule has 1 N–H and O–H groups in total. The van der Waals surface area contributed by atoms with Crippen molar-refractivity contribution in [1.29, 1.82) is 0 Å². The van der Waals surface area contributed by atoms with Gasteiger partial charge < -0.3 is 9.47 Å². The monoisotopic (exact) mass is 336 g/mol. The third-order valence-electron chi connectivity index (χ3n) is 2.88. The van der Waals surface area contributed by atoms with Crippen molar-refractivity contribution < 1.29 is 22.7 Å². The van der Waals surface area contributed by atoms with Crippen LogP contribution in [0, 0.1) is 5.41 Å². The van der Waals surface area contributed by atoms with Gasteiger partial charge in [-0.05, 0) is 11.8 Å². The van der Waals surface area contributed by atoms with Gasteiger partial charge in [0.05, 0.1) is 12.6 Å². The minimum Gasteiger partial charge on any atom is -0.464 e. The van der Waals surface area contributed by atoms with Crippen molar-refractivity contribution in [2.24, 2.45) is 5.41 Å². The molecule has 1 aromatic heterocycles. The molecule has 0 saturated carbocycles. The Hall–Kier alpha value is -1.03. The molecular weight excluding hydrogens is 316 g/mol. The fraction of sp³-hybridized carbons (Fsp3) is 0.667. The van der Waals surface area contributed by atoms with Gasteiger partial charge in [-0.3, -0.25) is 0 Å². The lowest BCUT2D eigenvalue weighted by atomic mass is 9.90. The van der Waals surface area contributed by atoms with Gasteiger partial charge in [0.1, 0.15) is 0 Å². The zero-order valence-corrected chi connectivity index (χ0v) is 14.1. The van der Waals surface area contributed by atoms with Crippen molar-refractivity contribution in [3.63, 3.8) is 0 Å². The molecule has 0 bridgehead atoms. The molecule has 0 aliphatic heterocycles. The molecule has 0 aromatic carbocycles. The van der Waals surface area contributed by atoms with Crippen LogP contribution in [-0.2, 0) is 19.5 Å². The molecule has 1 heterocycles. The quantitative estimate of drug-likeness (QED) is 0.719. The number of aromatic nitrogens is 1. The number of ether oxygens (including phenoxy) is 2. The van der Waals surface area contributed by atoms with E-state index in [1.165, 1.54) is 12.6 Å². The lowest BCUT2D eigenvalue weighted by Gasteiger charge is -2.24. The van der Waals surface area contributed by atoms with Gasteiger partial charge in [-0.25, -0.2) is 22.9 Å². The zero-order valence-electron chi connectivity index (χ0n) is 12.5. The number of rotatable bonds is 8. The van der Waals surface area contributed by atoms with Gasteiger partial charge in [-0.15, -0.1) is 11.3 Å². The second-order valence-electron chi connectivity index (χ2n) is 5.21. The maximum absolute atomic E-state index is 12.3. The van der Waals surface area contributed by atoms with Gasteiger partial charge in [-0.2, -0.15) is 0 Å². The van der Waals surface area contributed by atoms with Gasteiger partial charge >= 0.3 is 5.97 Å². The maximum Gasteiger partial charge on any atom is 0.358 e. The van der Waals surface area contributed by atoms with Crippen molar-refractivity contribution in [1.82, 2.24) is 9.71 Å². The van der Waals surface area contributed by atoms with Gasteiger partial charge in [0.25, 0.3) is 10.0 Å². The summed E-state index contributed by atoms with van der Waals surface area (Å²) in [7, 11) is -1.02. The Kier molecular flexibility index (Phi) is 6.26. The van der Waals surface area contributed by atoms with Gasteiger partial charge in [-0.1, -0.05) is 13.8 Å². The number of nitrogens with one attached hydrogen (secondary N) is 1. The highest BCUT2D eigenvalue weighted by Gasteiger charge is 2.28. The Morgan fingerprint density at radius 1 is 1.43 bits per heavy atom. The third-order valence-corrected chi connectivity index (χ3v) is 5.65. The van der Waals surface area contributed by atoms with E-state index in [9.17, 15) is 13.2 Å². The van der Waals surface area contributed by atoms with Crippen molar-refractivity contribution in [2.45, 2.75) is 24.5 Å². The minimum atomic E-state index is -3.80. The standard InChI is InChI=1S/C12H20N2O5S2/c1-12(2,5-6-18-3)7-14-21(16,17)11-9(10(15)19-4)13-8-20-11/h8,14H,5-7H2,1-4H3. The number of hydrogen-bond donors (Lipinski definition) is 1. The van der Waals surface area contributed by atoms with E-state index >= 15 is 0 Å². The smallest absolute Gasteiger partial charge is 0.358 e. The average Bonchev–Trinajstić information content (AvgIpc) is 2.93. The van der Waals surface area contributed by atoms with Crippen LogP contribution in [0.5, 0.6) is 0 Å². The molecule has 0 aliphatic rings.